The fourth-order valence-corrected chi connectivity index (χ4v) is 2.63. The van der Waals surface area contributed by atoms with Crippen molar-refractivity contribution in [3.05, 3.63) is 16.1 Å². The molecule has 0 spiro atoms. The number of nitrogens with zero attached hydrogens (tertiary/aromatic N) is 2. The average molecular weight is 284 g/mol. The zero-order chi connectivity index (χ0) is 13.8. The van der Waals surface area contributed by atoms with Crippen LogP contribution in [-0.2, 0) is 20.7 Å². The van der Waals surface area contributed by atoms with Crippen LogP contribution in [0.2, 0.25) is 0 Å². The molecule has 0 bridgehead atoms. The molecule has 1 aromatic rings. The Balaban J connectivity index is 1.89. The first-order valence-corrected chi connectivity index (χ1v) is 6.94. The summed E-state index contributed by atoms with van der Waals surface area (Å²) in [5, 5.41) is 11.6. The molecule has 1 atom stereocenters. The summed E-state index contributed by atoms with van der Waals surface area (Å²) in [6.45, 7) is 3.14. The molecule has 104 valence electrons. The summed E-state index contributed by atoms with van der Waals surface area (Å²) in [5.74, 6) is -0.932. The van der Waals surface area contributed by atoms with Gasteiger partial charge in [-0.15, -0.1) is 11.3 Å². The smallest absolute Gasteiger partial charge is 0.306 e. The summed E-state index contributed by atoms with van der Waals surface area (Å²) in [6.07, 6.45) is -0.212. The molecule has 7 heteroatoms. The molecular weight excluding hydrogens is 268 g/mol. The van der Waals surface area contributed by atoms with Crippen molar-refractivity contribution in [3.8, 4) is 0 Å². The van der Waals surface area contributed by atoms with Crippen LogP contribution in [0.5, 0.6) is 0 Å². The highest BCUT2D eigenvalue weighted by molar-refractivity contribution is 7.09. The Morgan fingerprint density at radius 2 is 2.42 bits per heavy atom. The lowest BCUT2D eigenvalue weighted by Gasteiger charge is -2.32. The molecule has 2 heterocycles. The lowest BCUT2D eigenvalue weighted by molar-refractivity contribution is -0.147. The monoisotopic (exact) mass is 284 g/mol. The number of thiazole rings is 1. The quantitative estimate of drug-likeness (QED) is 0.880. The molecule has 6 nitrogen and oxygen atoms in total. The molecule has 1 saturated heterocycles. The third kappa shape index (κ3) is 4.00. The Kier molecular flexibility index (Phi) is 4.49. The van der Waals surface area contributed by atoms with Gasteiger partial charge in [-0.3, -0.25) is 9.59 Å². The Morgan fingerprint density at radius 3 is 3.05 bits per heavy atom. The van der Waals surface area contributed by atoms with E-state index in [-0.39, 0.29) is 18.7 Å². The minimum absolute atomic E-state index is 0.0241. The Morgan fingerprint density at radius 1 is 1.63 bits per heavy atom. The number of carbonyl (C=O) groups excluding carboxylic acids is 1. The van der Waals surface area contributed by atoms with Gasteiger partial charge < -0.3 is 14.7 Å². The van der Waals surface area contributed by atoms with E-state index in [1.165, 1.54) is 11.3 Å². The van der Waals surface area contributed by atoms with Crippen molar-refractivity contribution in [3.63, 3.8) is 0 Å². The van der Waals surface area contributed by atoms with Crippen LogP contribution in [0.3, 0.4) is 0 Å². The van der Waals surface area contributed by atoms with E-state index in [0.29, 0.717) is 19.7 Å². The second-order valence-corrected chi connectivity index (χ2v) is 5.53. The highest BCUT2D eigenvalue weighted by atomic mass is 32.1. The van der Waals surface area contributed by atoms with Crippen LogP contribution in [0.25, 0.3) is 0 Å². The van der Waals surface area contributed by atoms with Gasteiger partial charge in [-0.1, -0.05) is 0 Å². The number of aliphatic carboxylic acids is 1. The fraction of sp³-hybridized carbons (Fsp3) is 0.583. The summed E-state index contributed by atoms with van der Waals surface area (Å²) >= 11 is 1.52. The maximum Gasteiger partial charge on any atom is 0.306 e. The van der Waals surface area contributed by atoms with E-state index in [4.69, 9.17) is 9.84 Å². The normalized spacial score (nSPS) is 19.4. The molecule has 2 rings (SSSR count). The van der Waals surface area contributed by atoms with Crippen molar-refractivity contribution in [1.82, 2.24) is 9.88 Å². The minimum Gasteiger partial charge on any atom is -0.481 e. The highest BCUT2D eigenvalue weighted by Crippen LogP contribution is 2.13. The molecule has 0 radical (unpaired) electrons. The number of carboxylic acid groups (broad SMARTS) is 1. The molecule has 0 aromatic carbocycles. The van der Waals surface area contributed by atoms with E-state index >= 15 is 0 Å². The van der Waals surface area contributed by atoms with Crippen molar-refractivity contribution in [1.29, 1.82) is 0 Å². The third-order valence-electron chi connectivity index (χ3n) is 2.89. The number of carboxylic acids is 1. The van der Waals surface area contributed by atoms with Crippen molar-refractivity contribution in [2.24, 2.45) is 0 Å². The molecule has 1 aliphatic rings. The molecule has 0 aliphatic carbocycles. The number of amides is 1. The van der Waals surface area contributed by atoms with E-state index in [1.54, 1.807) is 4.90 Å². The van der Waals surface area contributed by atoms with Gasteiger partial charge in [0.05, 0.1) is 36.3 Å². The summed E-state index contributed by atoms with van der Waals surface area (Å²) < 4.78 is 5.34. The van der Waals surface area contributed by atoms with Crippen LogP contribution in [0, 0.1) is 6.92 Å². The molecule has 19 heavy (non-hydrogen) atoms. The van der Waals surface area contributed by atoms with Crippen molar-refractivity contribution in [2.45, 2.75) is 25.9 Å². The van der Waals surface area contributed by atoms with Gasteiger partial charge in [0, 0.05) is 18.5 Å². The van der Waals surface area contributed by atoms with E-state index in [1.807, 2.05) is 12.3 Å². The first-order chi connectivity index (χ1) is 9.04. The highest BCUT2D eigenvalue weighted by Gasteiger charge is 2.26. The molecule has 1 aliphatic heterocycles. The van der Waals surface area contributed by atoms with Crippen LogP contribution < -0.4 is 0 Å². The SMILES string of the molecule is Cc1nc(CC(=O)N2CCOC(CC(=O)O)C2)cs1. The Bertz CT molecular complexity index is 474. The fourth-order valence-electron chi connectivity index (χ4n) is 2.02. The summed E-state index contributed by atoms with van der Waals surface area (Å²) in [5.41, 5.74) is 0.772. The number of ether oxygens (including phenoxy) is 1. The minimum atomic E-state index is -0.908. The zero-order valence-electron chi connectivity index (χ0n) is 10.7. The Hall–Kier alpha value is -1.47. The van der Waals surface area contributed by atoms with Gasteiger partial charge in [0.1, 0.15) is 0 Å². The van der Waals surface area contributed by atoms with Crippen LogP contribution in [0.1, 0.15) is 17.1 Å². The Labute approximate surface area is 115 Å². The van der Waals surface area contributed by atoms with Crippen LogP contribution in [0.4, 0.5) is 0 Å². The van der Waals surface area contributed by atoms with Crippen molar-refractivity contribution in [2.75, 3.05) is 19.7 Å². The van der Waals surface area contributed by atoms with Gasteiger partial charge in [-0.05, 0) is 6.92 Å². The number of hydrogen-bond acceptors (Lipinski definition) is 5. The first kappa shape index (κ1) is 14.0. The van der Waals surface area contributed by atoms with E-state index in [0.717, 1.165) is 10.7 Å². The van der Waals surface area contributed by atoms with Gasteiger partial charge in [0.15, 0.2) is 0 Å². The van der Waals surface area contributed by atoms with Gasteiger partial charge in [-0.25, -0.2) is 4.98 Å². The van der Waals surface area contributed by atoms with Gasteiger partial charge in [-0.2, -0.15) is 0 Å². The number of aryl methyl sites for hydroxylation is 1. The number of rotatable bonds is 4. The molecule has 1 unspecified atom stereocenters. The first-order valence-electron chi connectivity index (χ1n) is 6.07. The summed E-state index contributed by atoms with van der Waals surface area (Å²) in [4.78, 5) is 28.7. The average Bonchev–Trinajstić information content (AvgIpc) is 2.74. The molecular formula is C12H16N2O4S. The third-order valence-corrected chi connectivity index (χ3v) is 3.72. The predicted octanol–water partition coefficient (Wildman–Crippen LogP) is 0.696. The van der Waals surface area contributed by atoms with E-state index in [2.05, 4.69) is 4.98 Å². The maximum absolute atomic E-state index is 12.1. The standard InChI is InChI=1S/C12H16N2O4S/c1-8-13-9(7-19-8)4-11(15)14-2-3-18-10(6-14)5-12(16)17/h7,10H,2-6H2,1H3,(H,16,17). The second kappa shape index (κ2) is 6.12. The maximum atomic E-state index is 12.1. The molecule has 1 aromatic heterocycles. The van der Waals surface area contributed by atoms with E-state index in [9.17, 15) is 9.59 Å². The number of morpholine rings is 1. The van der Waals surface area contributed by atoms with Gasteiger partial charge in [0.25, 0.3) is 0 Å². The zero-order valence-corrected chi connectivity index (χ0v) is 11.5. The molecule has 0 saturated carbocycles. The van der Waals surface area contributed by atoms with Gasteiger partial charge in [0.2, 0.25) is 5.91 Å². The lowest BCUT2D eigenvalue weighted by Crippen LogP contribution is -2.46. The molecule has 1 amide bonds. The predicted molar refractivity (Wildman–Crippen MR) is 69.1 cm³/mol. The van der Waals surface area contributed by atoms with E-state index < -0.39 is 12.1 Å². The number of carbonyl (C=O) groups is 2. The molecule has 1 N–H and O–H groups in total. The van der Waals surface area contributed by atoms with Crippen LogP contribution in [-0.4, -0.2) is 52.7 Å². The van der Waals surface area contributed by atoms with Crippen molar-refractivity contribution >= 4 is 23.2 Å². The topological polar surface area (TPSA) is 79.7 Å². The van der Waals surface area contributed by atoms with Crippen molar-refractivity contribution < 1.29 is 19.4 Å². The molecule has 1 fully saturated rings. The number of aromatic nitrogens is 1. The summed E-state index contributed by atoms with van der Waals surface area (Å²) in [7, 11) is 0. The van der Waals surface area contributed by atoms with Gasteiger partial charge >= 0.3 is 5.97 Å². The number of hydrogen-bond donors (Lipinski definition) is 1. The second-order valence-electron chi connectivity index (χ2n) is 4.47. The van der Waals surface area contributed by atoms with Crippen LogP contribution in [0.15, 0.2) is 5.38 Å². The largest absolute Gasteiger partial charge is 0.481 e. The van der Waals surface area contributed by atoms with Crippen LogP contribution >= 0.6 is 11.3 Å². The lowest BCUT2D eigenvalue weighted by atomic mass is 10.2. The summed E-state index contributed by atoms with van der Waals surface area (Å²) in [6, 6.07) is 0.